The first kappa shape index (κ1) is 23.4. The second-order valence-electron chi connectivity index (χ2n) is 6.96. The van der Waals surface area contributed by atoms with E-state index in [1.54, 1.807) is 30.5 Å². The highest BCUT2D eigenvalue weighted by Crippen LogP contribution is 2.28. The van der Waals surface area contributed by atoms with E-state index in [9.17, 15) is 9.59 Å². The van der Waals surface area contributed by atoms with Crippen molar-refractivity contribution in [2.24, 2.45) is 0 Å². The number of nitrogens with one attached hydrogen (secondary N) is 2. The van der Waals surface area contributed by atoms with Gasteiger partial charge in [0.25, 0.3) is 11.8 Å². The molecule has 10 heteroatoms. The van der Waals surface area contributed by atoms with Gasteiger partial charge < -0.3 is 10.6 Å². The van der Waals surface area contributed by atoms with Gasteiger partial charge in [-0.25, -0.2) is 9.67 Å². The number of aryl methyl sites for hydroxylation is 1. The van der Waals surface area contributed by atoms with Crippen LogP contribution in [0, 0.1) is 6.92 Å². The largest absolute Gasteiger partial charge is 0.350 e. The van der Waals surface area contributed by atoms with Gasteiger partial charge in [0.15, 0.2) is 5.82 Å². The first-order chi connectivity index (χ1) is 14.7. The minimum absolute atomic E-state index is 0.000904. The van der Waals surface area contributed by atoms with E-state index in [-0.39, 0.29) is 17.6 Å². The number of amides is 2. The Morgan fingerprint density at radius 2 is 1.97 bits per heavy atom. The molecule has 7 nitrogen and oxygen atoms in total. The third-order valence-corrected chi connectivity index (χ3v) is 5.77. The van der Waals surface area contributed by atoms with Crippen LogP contribution in [0.2, 0.25) is 5.02 Å². The molecule has 0 fully saturated rings. The number of carbonyl (C=O) groups excluding carboxylic acids is 2. The highest BCUT2D eigenvalue weighted by Gasteiger charge is 2.22. The molecule has 0 radical (unpaired) electrons. The Kier molecular flexibility index (Phi) is 7.51. The number of halogens is 3. The summed E-state index contributed by atoms with van der Waals surface area (Å²) in [6.07, 6.45) is 2.35. The monoisotopic (exact) mass is 567 g/mol. The van der Waals surface area contributed by atoms with Crippen molar-refractivity contribution in [3.05, 3.63) is 67.4 Å². The number of benzene rings is 1. The first-order valence-electron chi connectivity index (χ1n) is 9.50. The number of nitrogens with zero attached hydrogens (tertiary/aromatic N) is 3. The molecule has 2 N–H and O–H groups in total. The van der Waals surface area contributed by atoms with Gasteiger partial charge in [-0.15, -0.1) is 0 Å². The number of rotatable bonds is 6. The van der Waals surface area contributed by atoms with Crippen LogP contribution in [0.1, 0.15) is 46.7 Å². The van der Waals surface area contributed by atoms with Gasteiger partial charge in [-0.3, -0.25) is 9.59 Å². The van der Waals surface area contributed by atoms with Crippen LogP contribution in [-0.2, 0) is 0 Å². The van der Waals surface area contributed by atoms with Crippen molar-refractivity contribution < 1.29 is 9.59 Å². The van der Waals surface area contributed by atoms with Gasteiger partial charge in [0.1, 0.15) is 10.3 Å². The lowest BCUT2D eigenvalue weighted by Crippen LogP contribution is -2.33. The lowest BCUT2D eigenvalue weighted by Gasteiger charge is -2.17. The van der Waals surface area contributed by atoms with E-state index < -0.39 is 5.91 Å². The molecule has 31 heavy (non-hydrogen) atoms. The topological polar surface area (TPSA) is 88.9 Å². The van der Waals surface area contributed by atoms with Gasteiger partial charge in [0, 0.05) is 22.8 Å². The van der Waals surface area contributed by atoms with Crippen LogP contribution >= 0.6 is 43.5 Å². The summed E-state index contributed by atoms with van der Waals surface area (Å²) in [5, 5.41) is 10.4. The summed E-state index contributed by atoms with van der Waals surface area (Å²) in [7, 11) is 0. The molecule has 2 aromatic heterocycles. The van der Waals surface area contributed by atoms with E-state index in [0.29, 0.717) is 26.7 Å². The highest BCUT2D eigenvalue weighted by molar-refractivity contribution is 9.10. The molecule has 0 aliphatic heterocycles. The van der Waals surface area contributed by atoms with Gasteiger partial charge in [-0.1, -0.05) is 34.5 Å². The van der Waals surface area contributed by atoms with Gasteiger partial charge in [-0.05, 0) is 66.0 Å². The van der Waals surface area contributed by atoms with Crippen molar-refractivity contribution in [2.75, 3.05) is 5.32 Å². The standard InChI is InChI=1S/C21H20Br2ClN5O2/c1-4-12(3)26-20(30)14-9-13(22)8-11(2)18(14)27-21(31)16-10-17(23)28-29(16)19-15(24)6-5-7-25-19/h5-10,12H,4H2,1-3H3,(H,26,30)(H,27,31). The molecular weight excluding hydrogens is 550 g/mol. The van der Waals surface area contributed by atoms with E-state index >= 15 is 0 Å². The number of anilines is 1. The molecule has 0 aliphatic carbocycles. The minimum atomic E-state index is -0.456. The van der Waals surface area contributed by atoms with Crippen molar-refractivity contribution in [1.82, 2.24) is 20.1 Å². The van der Waals surface area contributed by atoms with Crippen LogP contribution in [0.25, 0.3) is 5.82 Å². The van der Waals surface area contributed by atoms with E-state index in [1.807, 2.05) is 26.8 Å². The van der Waals surface area contributed by atoms with Crippen molar-refractivity contribution in [2.45, 2.75) is 33.2 Å². The zero-order valence-electron chi connectivity index (χ0n) is 17.0. The summed E-state index contributed by atoms with van der Waals surface area (Å²) in [4.78, 5) is 30.3. The zero-order valence-corrected chi connectivity index (χ0v) is 21.0. The van der Waals surface area contributed by atoms with Crippen LogP contribution in [0.5, 0.6) is 0 Å². The lowest BCUT2D eigenvalue weighted by atomic mass is 10.1. The second-order valence-corrected chi connectivity index (χ2v) is 9.09. The molecule has 0 saturated heterocycles. The molecule has 1 aromatic carbocycles. The molecule has 0 saturated carbocycles. The second kappa shape index (κ2) is 9.93. The van der Waals surface area contributed by atoms with Gasteiger partial charge in [0.2, 0.25) is 0 Å². The summed E-state index contributed by atoms with van der Waals surface area (Å²) >= 11 is 13.0. The SMILES string of the molecule is CCC(C)NC(=O)c1cc(Br)cc(C)c1NC(=O)c1cc(Br)nn1-c1ncccc1Cl. The molecule has 0 bridgehead atoms. The van der Waals surface area contributed by atoms with Crippen molar-refractivity contribution >= 4 is 61.0 Å². The summed E-state index contributed by atoms with van der Waals surface area (Å²) in [5.41, 5.74) is 1.73. The summed E-state index contributed by atoms with van der Waals surface area (Å²) in [6, 6.07) is 8.43. The third-order valence-electron chi connectivity index (χ3n) is 4.63. The van der Waals surface area contributed by atoms with E-state index in [2.05, 4.69) is 52.6 Å². The van der Waals surface area contributed by atoms with Crippen LogP contribution < -0.4 is 10.6 Å². The zero-order chi connectivity index (χ0) is 22.7. The van der Waals surface area contributed by atoms with Gasteiger partial charge in [-0.2, -0.15) is 5.10 Å². The molecule has 3 rings (SSSR count). The Balaban J connectivity index is 2.00. The van der Waals surface area contributed by atoms with E-state index in [4.69, 9.17) is 11.6 Å². The predicted molar refractivity (Wildman–Crippen MR) is 128 cm³/mol. The van der Waals surface area contributed by atoms with Crippen molar-refractivity contribution in [1.29, 1.82) is 0 Å². The fourth-order valence-electron chi connectivity index (χ4n) is 2.88. The Labute approximate surface area is 201 Å². The molecule has 162 valence electrons. The average Bonchev–Trinajstić information content (AvgIpc) is 3.11. The quantitative estimate of drug-likeness (QED) is 0.408. The number of aromatic nitrogens is 3. The Hall–Kier alpha value is -2.23. The first-order valence-corrected chi connectivity index (χ1v) is 11.5. The summed E-state index contributed by atoms with van der Waals surface area (Å²) < 4.78 is 2.54. The number of hydrogen-bond acceptors (Lipinski definition) is 4. The molecule has 0 aliphatic rings. The maximum Gasteiger partial charge on any atom is 0.274 e. The number of carbonyl (C=O) groups is 2. The number of hydrogen-bond donors (Lipinski definition) is 2. The maximum absolute atomic E-state index is 13.2. The molecule has 0 spiro atoms. The van der Waals surface area contributed by atoms with Gasteiger partial charge in [0.05, 0.1) is 16.3 Å². The normalized spacial score (nSPS) is 11.8. The maximum atomic E-state index is 13.2. The van der Waals surface area contributed by atoms with Gasteiger partial charge >= 0.3 is 0 Å². The number of pyridine rings is 1. The minimum Gasteiger partial charge on any atom is -0.350 e. The Morgan fingerprint density at radius 3 is 2.65 bits per heavy atom. The molecule has 2 heterocycles. The Morgan fingerprint density at radius 1 is 1.23 bits per heavy atom. The lowest BCUT2D eigenvalue weighted by molar-refractivity contribution is 0.0940. The third kappa shape index (κ3) is 5.34. The van der Waals surface area contributed by atoms with Crippen LogP contribution in [0.15, 0.2) is 45.6 Å². The van der Waals surface area contributed by atoms with Crippen LogP contribution in [0.3, 0.4) is 0 Å². The smallest absolute Gasteiger partial charge is 0.274 e. The summed E-state index contributed by atoms with van der Waals surface area (Å²) in [5.74, 6) is -0.401. The van der Waals surface area contributed by atoms with Crippen LogP contribution in [0.4, 0.5) is 5.69 Å². The van der Waals surface area contributed by atoms with E-state index in [0.717, 1.165) is 16.5 Å². The fraction of sp³-hybridized carbons (Fsp3) is 0.238. The molecule has 1 unspecified atom stereocenters. The summed E-state index contributed by atoms with van der Waals surface area (Å²) in [6.45, 7) is 5.73. The predicted octanol–water partition coefficient (Wildman–Crippen LogP) is 5.53. The molecule has 3 aromatic rings. The molecular formula is C21H20Br2ClN5O2. The molecule has 1 atom stereocenters. The van der Waals surface area contributed by atoms with Crippen molar-refractivity contribution in [3.8, 4) is 5.82 Å². The van der Waals surface area contributed by atoms with Crippen LogP contribution in [-0.4, -0.2) is 32.6 Å². The van der Waals surface area contributed by atoms with Crippen molar-refractivity contribution in [3.63, 3.8) is 0 Å². The average molecular weight is 570 g/mol. The highest BCUT2D eigenvalue weighted by atomic mass is 79.9. The fourth-order valence-corrected chi connectivity index (χ4v) is 4.03. The molecule has 2 amide bonds. The Bertz CT molecular complexity index is 1150. The van der Waals surface area contributed by atoms with E-state index in [1.165, 1.54) is 4.68 Å².